The van der Waals surface area contributed by atoms with Crippen LogP contribution in [-0.4, -0.2) is 80.4 Å². The number of anilines is 2. The van der Waals surface area contributed by atoms with Gasteiger partial charge in [0, 0.05) is 39.1 Å². The van der Waals surface area contributed by atoms with Crippen LogP contribution in [0.25, 0.3) is 5.69 Å². The van der Waals surface area contributed by atoms with E-state index < -0.39 is 6.09 Å². The van der Waals surface area contributed by atoms with Crippen molar-refractivity contribution in [3.63, 3.8) is 0 Å². The normalized spacial score (nSPS) is 13.7. The zero-order chi connectivity index (χ0) is 22.8. The minimum Gasteiger partial charge on any atom is -0.465 e. The summed E-state index contributed by atoms with van der Waals surface area (Å²) in [4.78, 5) is 37.9. The summed E-state index contributed by atoms with van der Waals surface area (Å²) in [5.41, 5.74) is 2.39. The van der Waals surface area contributed by atoms with Gasteiger partial charge in [0.15, 0.2) is 5.16 Å². The molecule has 32 heavy (non-hydrogen) atoms. The first kappa shape index (κ1) is 21.6. The van der Waals surface area contributed by atoms with E-state index in [2.05, 4.69) is 20.3 Å². The van der Waals surface area contributed by atoms with Crippen molar-refractivity contribution in [2.75, 3.05) is 43.2 Å². The quantitative estimate of drug-likeness (QED) is 0.456. The molecule has 4 rings (SSSR count). The number of hydrogen-bond acceptors (Lipinski definition) is 8. The SMILES string of the molecule is CSc1ncc2c(n1)N(C)CCN(c1cccc(-n3cc(CN(C)C(=O)O)nn3)c1)C2=O. The second-order valence-electron chi connectivity index (χ2n) is 7.29. The van der Waals surface area contributed by atoms with E-state index in [0.717, 1.165) is 4.90 Å². The zero-order valence-corrected chi connectivity index (χ0v) is 18.7. The van der Waals surface area contributed by atoms with Crippen molar-refractivity contribution in [3.05, 3.63) is 47.9 Å². The Hall–Kier alpha value is -3.67. The molecule has 1 aliphatic heterocycles. The van der Waals surface area contributed by atoms with Crippen LogP contribution in [-0.2, 0) is 6.54 Å². The molecule has 1 N–H and O–H groups in total. The van der Waals surface area contributed by atoms with Crippen LogP contribution in [0.3, 0.4) is 0 Å². The van der Waals surface area contributed by atoms with E-state index in [1.807, 2.05) is 42.5 Å². The molecule has 12 heteroatoms. The predicted octanol–water partition coefficient (Wildman–Crippen LogP) is 1.99. The highest BCUT2D eigenvalue weighted by Gasteiger charge is 2.28. The fourth-order valence-corrected chi connectivity index (χ4v) is 3.69. The molecule has 0 fully saturated rings. The van der Waals surface area contributed by atoms with Gasteiger partial charge in [0.25, 0.3) is 5.91 Å². The molecular formula is C20H22N8O3S. The van der Waals surface area contributed by atoms with Crippen LogP contribution in [0.2, 0.25) is 0 Å². The number of benzene rings is 1. The van der Waals surface area contributed by atoms with E-state index in [1.165, 1.54) is 18.8 Å². The van der Waals surface area contributed by atoms with E-state index in [0.29, 0.717) is 46.7 Å². The highest BCUT2D eigenvalue weighted by atomic mass is 32.2. The molecule has 1 aromatic carbocycles. The minimum atomic E-state index is -1.04. The molecule has 3 aromatic rings. The van der Waals surface area contributed by atoms with E-state index in [-0.39, 0.29) is 12.5 Å². The number of nitrogens with zero attached hydrogens (tertiary/aromatic N) is 8. The van der Waals surface area contributed by atoms with Crippen molar-refractivity contribution in [2.24, 2.45) is 0 Å². The molecule has 0 atom stereocenters. The van der Waals surface area contributed by atoms with Crippen molar-refractivity contribution < 1.29 is 14.7 Å². The molecule has 0 radical (unpaired) electrons. The summed E-state index contributed by atoms with van der Waals surface area (Å²) in [5.74, 6) is 0.452. The van der Waals surface area contributed by atoms with Gasteiger partial charge in [-0.05, 0) is 24.5 Å². The third-order valence-electron chi connectivity index (χ3n) is 5.10. The summed E-state index contributed by atoms with van der Waals surface area (Å²) in [7, 11) is 3.38. The number of fused-ring (bicyclic) bond motifs is 1. The van der Waals surface area contributed by atoms with Gasteiger partial charge in [-0.25, -0.2) is 19.4 Å². The number of amides is 2. The van der Waals surface area contributed by atoms with E-state index in [4.69, 9.17) is 5.11 Å². The fourth-order valence-electron chi connectivity index (χ4n) is 3.36. The molecular weight excluding hydrogens is 432 g/mol. The fraction of sp³-hybridized carbons (Fsp3) is 0.300. The smallest absolute Gasteiger partial charge is 0.407 e. The average molecular weight is 455 g/mol. The molecule has 1 aliphatic rings. The Balaban J connectivity index is 1.62. The van der Waals surface area contributed by atoms with E-state index >= 15 is 0 Å². The zero-order valence-electron chi connectivity index (χ0n) is 17.8. The molecule has 0 saturated heterocycles. The molecule has 0 unspecified atom stereocenters. The third kappa shape index (κ3) is 4.21. The van der Waals surface area contributed by atoms with Gasteiger partial charge in [-0.3, -0.25) is 4.79 Å². The third-order valence-corrected chi connectivity index (χ3v) is 5.66. The molecule has 11 nitrogen and oxygen atoms in total. The van der Waals surface area contributed by atoms with Crippen molar-refractivity contribution in [1.29, 1.82) is 0 Å². The maximum absolute atomic E-state index is 13.3. The number of rotatable bonds is 5. The van der Waals surface area contributed by atoms with Gasteiger partial charge in [-0.1, -0.05) is 23.0 Å². The highest BCUT2D eigenvalue weighted by Crippen LogP contribution is 2.27. The second kappa shape index (κ2) is 8.83. The Morgan fingerprint density at radius 3 is 2.81 bits per heavy atom. The first-order chi connectivity index (χ1) is 15.4. The molecule has 0 spiro atoms. The number of aromatic nitrogens is 5. The monoisotopic (exact) mass is 454 g/mol. The number of likely N-dealkylation sites (N-methyl/N-ethyl adjacent to an activating group) is 1. The largest absolute Gasteiger partial charge is 0.465 e. The Bertz CT molecular complexity index is 1170. The highest BCUT2D eigenvalue weighted by molar-refractivity contribution is 7.98. The number of carbonyl (C=O) groups is 2. The molecule has 3 heterocycles. The number of hydrogen-bond donors (Lipinski definition) is 1. The Morgan fingerprint density at radius 2 is 2.06 bits per heavy atom. The lowest BCUT2D eigenvalue weighted by atomic mass is 10.2. The molecule has 0 aliphatic carbocycles. The summed E-state index contributed by atoms with van der Waals surface area (Å²) in [6.45, 7) is 1.22. The summed E-state index contributed by atoms with van der Waals surface area (Å²) < 4.78 is 1.56. The van der Waals surface area contributed by atoms with Crippen LogP contribution in [0, 0.1) is 0 Å². The van der Waals surface area contributed by atoms with E-state index in [1.54, 1.807) is 22.0 Å². The first-order valence-electron chi connectivity index (χ1n) is 9.77. The lowest BCUT2D eigenvalue weighted by molar-refractivity contribution is 0.0989. The van der Waals surface area contributed by atoms with E-state index in [9.17, 15) is 9.59 Å². The number of carboxylic acid groups (broad SMARTS) is 1. The van der Waals surface area contributed by atoms with Crippen LogP contribution in [0.5, 0.6) is 0 Å². The lowest BCUT2D eigenvalue weighted by Gasteiger charge is -2.21. The maximum atomic E-state index is 13.3. The molecule has 166 valence electrons. The van der Waals surface area contributed by atoms with Crippen LogP contribution in [0.4, 0.5) is 16.3 Å². The lowest BCUT2D eigenvalue weighted by Crippen LogP contribution is -2.33. The van der Waals surface area contributed by atoms with Crippen LogP contribution < -0.4 is 9.80 Å². The van der Waals surface area contributed by atoms with Crippen molar-refractivity contribution in [2.45, 2.75) is 11.7 Å². The Kier molecular flexibility index (Phi) is 5.95. The minimum absolute atomic E-state index is 0.126. The standard InChI is InChI=1S/C20H22N8O3S/c1-25-7-8-27(18(29)16-10-21-19(32-3)22-17(16)25)14-5-4-6-15(9-14)28-12-13(23-24-28)11-26(2)20(30)31/h4-6,9-10,12H,7-8,11H2,1-3H3,(H,30,31). The second-order valence-corrected chi connectivity index (χ2v) is 8.06. The topological polar surface area (TPSA) is 121 Å². The molecule has 0 bridgehead atoms. The maximum Gasteiger partial charge on any atom is 0.407 e. The Morgan fingerprint density at radius 1 is 1.28 bits per heavy atom. The van der Waals surface area contributed by atoms with Crippen LogP contribution in [0.1, 0.15) is 16.1 Å². The van der Waals surface area contributed by atoms with Gasteiger partial charge in [-0.2, -0.15) is 0 Å². The van der Waals surface area contributed by atoms with Gasteiger partial charge < -0.3 is 19.8 Å². The average Bonchev–Trinajstić information content (AvgIpc) is 3.22. The molecule has 2 aromatic heterocycles. The van der Waals surface area contributed by atoms with Crippen molar-refractivity contribution in [1.82, 2.24) is 29.9 Å². The molecule has 2 amide bonds. The Labute approximate surface area is 188 Å². The summed E-state index contributed by atoms with van der Waals surface area (Å²) in [6, 6.07) is 7.39. The van der Waals surface area contributed by atoms with Crippen LogP contribution in [0.15, 0.2) is 41.8 Å². The van der Waals surface area contributed by atoms with Gasteiger partial charge in [0.05, 0.1) is 18.4 Å². The summed E-state index contributed by atoms with van der Waals surface area (Å²) in [6.07, 6.45) is 4.11. The number of thioether (sulfide) groups is 1. The van der Waals surface area contributed by atoms with Gasteiger partial charge in [0.2, 0.25) is 0 Å². The summed E-state index contributed by atoms with van der Waals surface area (Å²) in [5, 5.41) is 17.8. The summed E-state index contributed by atoms with van der Waals surface area (Å²) >= 11 is 1.43. The number of carbonyl (C=O) groups excluding carboxylic acids is 1. The van der Waals surface area contributed by atoms with Gasteiger partial charge in [-0.15, -0.1) is 5.10 Å². The van der Waals surface area contributed by atoms with Crippen molar-refractivity contribution >= 4 is 35.3 Å². The van der Waals surface area contributed by atoms with Crippen LogP contribution >= 0.6 is 11.8 Å². The van der Waals surface area contributed by atoms with Crippen molar-refractivity contribution in [3.8, 4) is 5.69 Å². The predicted molar refractivity (Wildman–Crippen MR) is 120 cm³/mol. The first-order valence-corrected chi connectivity index (χ1v) is 11.0. The van der Waals surface area contributed by atoms with Gasteiger partial charge >= 0.3 is 6.09 Å². The van der Waals surface area contributed by atoms with Gasteiger partial charge in [0.1, 0.15) is 17.1 Å². The molecule has 0 saturated carbocycles.